The van der Waals surface area contributed by atoms with Crippen LogP contribution in [-0.2, 0) is 6.42 Å². The van der Waals surface area contributed by atoms with Gasteiger partial charge in [0.05, 0.1) is 6.21 Å². The minimum Gasteiger partial charge on any atom is -0.341 e. The molecule has 1 aromatic heterocycles. The highest BCUT2D eigenvalue weighted by molar-refractivity contribution is 6.30. The Hall–Kier alpha value is -3.20. The van der Waals surface area contributed by atoms with Crippen molar-refractivity contribution in [2.45, 2.75) is 44.6 Å². The van der Waals surface area contributed by atoms with Gasteiger partial charge in [-0.3, -0.25) is 0 Å². The Bertz CT molecular complexity index is 1260. The van der Waals surface area contributed by atoms with Crippen LogP contribution in [0.5, 0.6) is 0 Å². The smallest absolute Gasteiger partial charge is 0.177 e. The lowest BCUT2D eigenvalue weighted by Crippen LogP contribution is -2.34. The second kappa shape index (κ2) is 11.0. The zero-order chi connectivity index (χ0) is 24.0. The molecule has 3 heterocycles. The number of benzene rings is 2. The number of H-pyrrole nitrogens is 1. The number of likely N-dealkylation sites (tertiary alicyclic amines) is 1. The average Bonchev–Trinajstić information content (AvgIpc) is 3.21. The Balaban J connectivity index is 1.31. The lowest BCUT2D eigenvalue weighted by molar-refractivity contribution is 0.209. The number of hydrogen-bond acceptors (Lipinski definition) is 4. The van der Waals surface area contributed by atoms with E-state index >= 15 is 0 Å². The number of aryl methyl sites for hydroxylation is 1. The molecule has 35 heavy (non-hydrogen) atoms. The van der Waals surface area contributed by atoms with Crippen molar-refractivity contribution in [3.63, 3.8) is 0 Å². The summed E-state index contributed by atoms with van der Waals surface area (Å²) in [5.74, 6) is 7.90. The highest BCUT2D eigenvalue weighted by Gasteiger charge is 2.27. The summed E-state index contributed by atoms with van der Waals surface area (Å²) in [5.41, 5.74) is 4.39. The zero-order valence-corrected chi connectivity index (χ0v) is 20.8. The molecule has 2 aliphatic rings. The Morgan fingerprint density at radius 2 is 1.83 bits per heavy atom. The van der Waals surface area contributed by atoms with E-state index in [0.29, 0.717) is 16.8 Å². The molecule has 178 valence electrons. The number of nitrogens with zero attached hydrogens (tertiary/aromatic N) is 4. The van der Waals surface area contributed by atoms with Gasteiger partial charge in [0.1, 0.15) is 17.6 Å². The molecule has 0 saturated carbocycles. The Labute approximate surface area is 212 Å². The van der Waals surface area contributed by atoms with Crippen molar-refractivity contribution < 1.29 is 0 Å². The Morgan fingerprint density at radius 3 is 2.60 bits per heavy atom. The van der Waals surface area contributed by atoms with E-state index in [9.17, 15) is 0 Å². The van der Waals surface area contributed by atoms with Crippen LogP contribution in [0.15, 0.2) is 64.6 Å². The van der Waals surface area contributed by atoms with Crippen LogP contribution in [0, 0.1) is 11.8 Å². The van der Waals surface area contributed by atoms with E-state index in [2.05, 4.69) is 57.0 Å². The molecule has 0 spiro atoms. The van der Waals surface area contributed by atoms with Gasteiger partial charge in [0.15, 0.2) is 5.84 Å². The number of nitrogens with one attached hydrogen (secondary N) is 1. The summed E-state index contributed by atoms with van der Waals surface area (Å²) in [6.45, 7) is 5.30. The molecule has 0 aliphatic carbocycles. The predicted molar refractivity (Wildman–Crippen MR) is 144 cm³/mol. The molecule has 6 heteroatoms. The van der Waals surface area contributed by atoms with E-state index in [1.54, 1.807) is 6.21 Å². The first-order chi connectivity index (χ1) is 17.2. The van der Waals surface area contributed by atoms with Crippen LogP contribution in [0.3, 0.4) is 0 Å². The van der Waals surface area contributed by atoms with E-state index in [1.165, 1.54) is 12.0 Å². The maximum atomic E-state index is 6.11. The number of aliphatic imine (C=N–C) groups is 2. The van der Waals surface area contributed by atoms with Crippen LogP contribution < -0.4 is 0 Å². The van der Waals surface area contributed by atoms with Crippen molar-refractivity contribution in [3.8, 4) is 23.2 Å². The number of aromatic nitrogens is 2. The van der Waals surface area contributed by atoms with E-state index in [0.717, 1.165) is 61.7 Å². The van der Waals surface area contributed by atoms with Crippen molar-refractivity contribution in [2.75, 3.05) is 19.6 Å². The molecule has 1 atom stereocenters. The van der Waals surface area contributed by atoms with Crippen molar-refractivity contribution in [1.29, 1.82) is 0 Å². The van der Waals surface area contributed by atoms with Gasteiger partial charge in [-0.25, -0.2) is 15.0 Å². The van der Waals surface area contributed by atoms with Gasteiger partial charge in [0.2, 0.25) is 0 Å². The van der Waals surface area contributed by atoms with Crippen LogP contribution in [0.25, 0.3) is 11.4 Å². The van der Waals surface area contributed by atoms with Gasteiger partial charge in [-0.1, -0.05) is 53.8 Å². The molecule has 1 unspecified atom stereocenters. The summed E-state index contributed by atoms with van der Waals surface area (Å²) in [4.78, 5) is 20.5. The Kier molecular flexibility index (Phi) is 7.42. The highest BCUT2D eigenvalue weighted by atomic mass is 35.5. The second-order valence-corrected chi connectivity index (χ2v) is 9.67. The highest BCUT2D eigenvalue weighted by Crippen LogP contribution is 2.32. The molecule has 0 bridgehead atoms. The number of rotatable bonds is 7. The van der Waals surface area contributed by atoms with Gasteiger partial charge in [0, 0.05) is 22.2 Å². The monoisotopic (exact) mass is 483 g/mol. The predicted octanol–water partition coefficient (Wildman–Crippen LogP) is 5.77. The lowest BCUT2D eigenvalue weighted by Gasteiger charge is -2.31. The third kappa shape index (κ3) is 5.90. The quantitative estimate of drug-likeness (QED) is 0.434. The van der Waals surface area contributed by atoms with Gasteiger partial charge < -0.3 is 9.88 Å². The summed E-state index contributed by atoms with van der Waals surface area (Å²) < 4.78 is 0. The second-order valence-electron chi connectivity index (χ2n) is 9.24. The summed E-state index contributed by atoms with van der Waals surface area (Å²) >= 11 is 6.11. The molecule has 0 radical (unpaired) electrons. The first kappa shape index (κ1) is 23.5. The zero-order valence-electron chi connectivity index (χ0n) is 20.0. The van der Waals surface area contributed by atoms with Crippen molar-refractivity contribution in [2.24, 2.45) is 9.98 Å². The van der Waals surface area contributed by atoms with Crippen LogP contribution in [0.2, 0.25) is 5.02 Å². The number of hydrogen-bond donors (Lipinski definition) is 1. The van der Waals surface area contributed by atoms with E-state index < -0.39 is 0 Å². The number of aromatic amines is 1. The molecule has 0 amide bonds. The number of amidine groups is 1. The van der Waals surface area contributed by atoms with Crippen LogP contribution in [0.1, 0.15) is 49.1 Å². The third-order valence-electron chi connectivity index (χ3n) is 6.70. The summed E-state index contributed by atoms with van der Waals surface area (Å²) in [6.07, 6.45) is 6.13. The van der Waals surface area contributed by atoms with Crippen molar-refractivity contribution in [3.05, 3.63) is 76.6 Å². The molecular weight excluding hydrogens is 454 g/mol. The summed E-state index contributed by atoms with van der Waals surface area (Å²) in [6, 6.07) is 18.4. The lowest BCUT2D eigenvalue weighted by atomic mass is 9.92. The van der Waals surface area contributed by atoms with Gasteiger partial charge >= 0.3 is 0 Å². The van der Waals surface area contributed by atoms with E-state index in [-0.39, 0.29) is 6.04 Å². The van der Waals surface area contributed by atoms with Crippen LogP contribution in [-0.4, -0.2) is 52.6 Å². The normalized spacial score (nSPS) is 18.6. The largest absolute Gasteiger partial charge is 0.341 e. The SMILES string of the molecule is CC1C#CC=NC(c2nc(-c3ccc(Cl)cc3)[nH]c2C2CCN(CCCc3ccccc3)CC2)=N1. The van der Waals surface area contributed by atoms with Gasteiger partial charge in [0.25, 0.3) is 0 Å². The summed E-state index contributed by atoms with van der Waals surface area (Å²) in [5, 5.41) is 0.712. The van der Waals surface area contributed by atoms with Crippen LogP contribution >= 0.6 is 11.6 Å². The topological polar surface area (TPSA) is 56.6 Å². The minimum absolute atomic E-state index is 0.109. The maximum Gasteiger partial charge on any atom is 0.177 e. The fraction of sp³-hybridized carbons (Fsp3) is 0.345. The first-order valence-electron chi connectivity index (χ1n) is 12.4. The average molecular weight is 484 g/mol. The van der Waals surface area contributed by atoms with E-state index in [1.807, 2.05) is 31.2 Å². The molecule has 5 nitrogen and oxygen atoms in total. The maximum absolute atomic E-state index is 6.11. The standard InChI is InChI=1S/C29H30ClN5/c1-21-7-5-17-31-29(32-21)27-26(33-28(34-27)24-11-13-25(30)14-12-24)23-15-19-35(20-16-23)18-6-10-22-8-3-2-4-9-22/h2-4,8-9,11-14,17,21,23H,6,10,15-16,18-20H2,1H3,(H,33,34). The van der Waals surface area contributed by atoms with Gasteiger partial charge in [-0.2, -0.15) is 0 Å². The molecule has 2 aliphatic heterocycles. The molecule has 5 rings (SSSR count). The molecule has 1 N–H and O–H groups in total. The van der Waals surface area contributed by atoms with Crippen molar-refractivity contribution >= 4 is 23.7 Å². The minimum atomic E-state index is -0.109. The first-order valence-corrected chi connectivity index (χ1v) is 12.8. The molecule has 2 aromatic carbocycles. The van der Waals surface area contributed by atoms with Gasteiger partial charge in [-0.15, -0.1) is 0 Å². The molecular formula is C29H30ClN5. The molecule has 1 fully saturated rings. The fourth-order valence-electron chi connectivity index (χ4n) is 4.82. The van der Waals surface area contributed by atoms with Crippen LogP contribution in [0.4, 0.5) is 0 Å². The third-order valence-corrected chi connectivity index (χ3v) is 6.95. The van der Waals surface area contributed by atoms with Gasteiger partial charge in [-0.05, 0) is 82.1 Å². The number of imidazole rings is 1. The van der Waals surface area contributed by atoms with E-state index in [4.69, 9.17) is 21.6 Å². The Morgan fingerprint density at radius 1 is 1.06 bits per heavy atom. The molecule has 1 saturated heterocycles. The fourth-order valence-corrected chi connectivity index (χ4v) is 4.94. The summed E-state index contributed by atoms with van der Waals surface area (Å²) in [7, 11) is 0. The number of halogens is 1. The molecule has 3 aromatic rings. The number of piperidine rings is 1. The van der Waals surface area contributed by atoms with Crippen molar-refractivity contribution in [1.82, 2.24) is 14.9 Å².